The Morgan fingerprint density at radius 3 is 2.89 bits per heavy atom. The number of amides is 2. The monoisotopic (exact) mass is 265 g/mol. The van der Waals surface area contributed by atoms with Crippen LogP contribution in [0.3, 0.4) is 0 Å². The first-order valence-corrected chi connectivity index (χ1v) is 6.09. The summed E-state index contributed by atoms with van der Waals surface area (Å²) in [5, 5.41) is 0.282. The Labute approximate surface area is 108 Å². The lowest BCUT2D eigenvalue weighted by Gasteiger charge is -2.17. The second-order valence-electron chi connectivity index (χ2n) is 3.44. The van der Waals surface area contributed by atoms with E-state index in [-0.39, 0.29) is 16.8 Å². The van der Waals surface area contributed by atoms with Gasteiger partial charge in [-0.3, -0.25) is 9.69 Å². The zero-order valence-electron chi connectivity index (χ0n) is 9.62. The number of thioether (sulfide) groups is 1. The average molecular weight is 265 g/mol. The van der Waals surface area contributed by atoms with E-state index in [4.69, 9.17) is 5.73 Å². The van der Waals surface area contributed by atoms with E-state index in [1.165, 1.54) is 23.8 Å². The molecule has 0 radical (unpaired) electrons. The fourth-order valence-corrected chi connectivity index (χ4v) is 2.35. The molecule has 1 heterocycles. The van der Waals surface area contributed by atoms with Crippen LogP contribution in [0.2, 0.25) is 0 Å². The molecule has 7 heteroatoms. The van der Waals surface area contributed by atoms with Gasteiger partial charge in [0.2, 0.25) is 5.91 Å². The number of carbonyl (C=O) groups excluding carboxylic acids is 2. The van der Waals surface area contributed by atoms with Gasteiger partial charge in [0, 0.05) is 0 Å². The van der Waals surface area contributed by atoms with Gasteiger partial charge in [0.05, 0.1) is 24.2 Å². The van der Waals surface area contributed by atoms with Crippen molar-refractivity contribution in [3.8, 4) is 0 Å². The first-order chi connectivity index (χ1) is 8.63. The third-order valence-electron chi connectivity index (χ3n) is 2.30. The molecule has 2 amide bonds. The van der Waals surface area contributed by atoms with Gasteiger partial charge < -0.3 is 10.5 Å². The van der Waals surface area contributed by atoms with Crippen molar-refractivity contribution in [1.82, 2.24) is 0 Å². The number of aliphatic imine (C=N–C) groups is 1. The molecule has 0 bridgehead atoms. The lowest BCUT2D eigenvalue weighted by atomic mass is 10.2. The number of methoxy groups -OCH3 is 1. The molecule has 0 aromatic heterocycles. The smallest absolute Gasteiger partial charge is 0.435 e. The summed E-state index contributed by atoms with van der Waals surface area (Å²) in [5.74, 6) is 0.0602. The summed E-state index contributed by atoms with van der Waals surface area (Å²) in [6.07, 6.45) is -0.744. The number of para-hydroxylation sites is 2. The van der Waals surface area contributed by atoms with Crippen molar-refractivity contribution in [3.63, 3.8) is 0 Å². The molecule has 1 saturated heterocycles. The van der Waals surface area contributed by atoms with Gasteiger partial charge in [-0.1, -0.05) is 23.9 Å². The highest BCUT2D eigenvalue weighted by Crippen LogP contribution is 2.30. The maximum atomic E-state index is 11.8. The quantitative estimate of drug-likeness (QED) is 0.777. The van der Waals surface area contributed by atoms with Gasteiger partial charge in [-0.05, 0) is 12.1 Å². The number of rotatable bonds is 1. The third-order valence-corrected chi connectivity index (χ3v) is 3.23. The van der Waals surface area contributed by atoms with Crippen LogP contribution >= 0.6 is 11.8 Å². The number of ether oxygens (including phenoxy) is 1. The van der Waals surface area contributed by atoms with Crippen LogP contribution in [0.25, 0.3) is 0 Å². The minimum Gasteiger partial charge on any atom is -0.451 e. The molecule has 1 fully saturated rings. The SMILES string of the molecule is COC(=O)N=C1SCC(=O)N1c1ccccc1N. The van der Waals surface area contributed by atoms with Gasteiger partial charge >= 0.3 is 6.09 Å². The largest absolute Gasteiger partial charge is 0.451 e. The van der Waals surface area contributed by atoms with Crippen LogP contribution in [-0.2, 0) is 9.53 Å². The van der Waals surface area contributed by atoms with Gasteiger partial charge in [-0.2, -0.15) is 4.99 Å². The second-order valence-corrected chi connectivity index (χ2v) is 4.38. The van der Waals surface area contributed by atoms with Crippen molar-refractivity contribution in [2.45, 2.75) is 0 Å². The van der Waals surface area contributed by atoms with Crippen molar-refractivity contribution in [2.75, 3.05) is 23.5 Å². The summed E-state index contributed by atoms with van der Waals surface area (Å²) in [7, 11) is 1.23. The molecule has 2 N–H and O–H groups in total. The molecule has 18 heavy (non-hydrogen) atoms. The summed E-state index contributed by atoms with van der Waals surface area (Å²) in [6, 6.07) is 6.91. The van der Waals surface area contributed by atoms with Gasteiger partial charge in [-0.15, -0.1) is 0 Å². The van der Waals surface area contributed by atoms with Crippen molar-refractivity contribution in [3.05, 3.63) is 24.3 Å². The van der Waals surface area contributed by atoms with Crippen LogP contribution in [0.1, 0.15) is 0 Å². The molecule has 1 aliphatic rings. The van der Waals surface area contributed by atoms with Gasteiger partial charge in [0.25, 0.3) is 0 Å². The highest BCUT2D eigenvalue weighted by molar-refractivity contribution is 8.15. The molecule has 0 aliphatic carbocycles. The zero-order valence-corrected chi connectivity index (χ0v) is 10.4. The van der Waals surface area contributed by atoms with E-state index < -0.39 is 6.09 Å². The number of benzene rings is 1. The maximum absolute atomic E-state index is 11.8. The number of anilines is 2. The van der Waals surface area contributed by atoms with E-state index in [1.807, 2.05) is 0 Å². The lowest BCUT2D eigenvalue weighted by Crippen LogP contribution is -2.30. The van der Waals surface area contributed by atoms with Crippen LogP contribution in [0.4, 0.5) is 16.2 Å². The predicted molar refractivity (Wildman–Crippen MR) is 70.6 cm³/mol. The van der Waals surface area contributed by atoms with Gasteiger partial charge in [-0.25, -0.2) is 4.79 Å². The Balaban J connectivity index is 2.40. The molecule has 1 aromatic rings. The highest BCUT2D eigenvalue weighted by Gasteiger charge is 2.31. The number of nitrogen functional groups attached to an aromatic ring is 1. The van der Waals surface area contributed by atoms with Crippen molar-refractivity contribution in [2.24, 2.45) is 4.99 Å². The predicted octanol–water partition coefficient (Wildman–Crippen LogP) is 1.47. The molecular weight excluding hydrogens is 254 g/mol. The van der Waals surface area contributed by atoms with Crippen LogP contribution in [0.5, 0.6) is 0 Å². The van der Waals surface area contributed by atoms with Crippen molar-refractivity contribution in [1.29, 1.82) is 0 Å². The number of carbonyl (C=O) groups is 2. The summed E-state index contributed by atoms with van der Waals surface area (Å²) < 4.78 is 4.45. The molecule has 2 rings (SSSR count). The minimum atomic E-state index is -0.744. The van der Waals surface area contributed by atoms with Crippen molar-refractivity contribution < 1.29 is 14.3 Å². The topological polar surface area (TPSA) is 85.0 Å². The van der Waals surface area contributed by atoms with E-state index in [2.05, 4.69) is 9.73 Å². The van der Waals surface area contributed by atoms with Crippen molar-refractivity contribution >= 4 is 40.3 Å². The molecule has 94 valence electrons. The van der Waals surface area contributed by atoms with Crippen LogP contribution in [-0.4, -0.2) is 30.0 Å². The molecule has 1 aliphatic heterocycles. The van der Waals surface area contributed by atoms with E-state index in [0.29, 0.717) is 11.4 Å². The molecule has 6 nitrogen and oxygen atoms in total. The Bertz CT molecular complexity index is 530. The second kappa shape index (κ2) is 5.09. The van der Waals surface area contributed by atoms with E-state index in [9.17, 15) is 9.59 Å². The van der Waals surface area contributed by atoms with Crippen LogP contribution in [0, 0.1) is 0 Å². The maximum Gasteiger partial charge on any atom is 0.435 e. The Kier molecular flexibility index (Phi) is 3.52. The summed E-state index contributed by atoms with van der Waals surface area (Å²) >= 11 is 1.18. The number of amidine groups is 1. The fraction of sp³-hybridized carbons (Fsp3) is 0.182. The zero-order chi connectivity index (χ0) is 13.1. The first kappa shape index (κ1) is 12.4. The highest BCUT2D eigenvalue weighted by atomic mass is 32.2. The van der Waals surface area contributed by atoms with Gasteiger partial charge in [0.15, 0.2) is 5.17 Å². The molecule has 0 saturated carbocycles. The summed E-state index contributed by atoms with van der Waals surface area (Å²) in [6.45, 7) is 0. The Morgan fingerprint density at radius 2 is 2.22 bits per heavy atom. The molecule has 0 spiro atoms. The summed E-state index contributed by atoms with van der Waals surface area (Å²) in [5.41, 5.74) is 6.79. The number of hydrogen-bond acceptors (Lipinski definition) is 5. The van der Waals surface area contributed by atoms with Crippen LogP contribution < -0.4 is 10.6 Å². The van der Waals surface area contributed by atoms with E-state index in [0.717, 1.165) is 0 Å². The van der Waals surface area contributed by atoms with Crippen LogP contribution in [0.15, 0.2) is 29.3 Å². The standard InChI is InChI=1S/C11H11N3O3S/c1-17-11(16)13-10-14(9(15)6-18-10)8-5-3-2-4-7(8)12/h2-5H,6,12H2,1H3. The van der Waals surface area contributed by atoms with E-state index in [1.54, 1.807) is 24.3 Å². The average Bonchev–Trinajstić information content (AvgIpc) is 2.71. The molecular formula is C11H11N3O3S. The number of hydrogen-bond donors (Lipinski definition) is 1. The first-order valence-electron chi connectivity index (χ1n) is 5.10. The summed E-state index contributed by atoms with van der Waals surface area (Å²) in [4.78, 5) is 28.0. The Morgan fingerprint density at radius 1 is 1.50 bits per heavy atom. The molecule has 1 aromatic carbocycles. The minimum absolute atomic E-state index is 0.166. The van der Waals surface area contributed by atoms with Gasteiger partial charge in [0.1, 0.15) is 0 Å². The lowest BCUT2D eigenvalue weighted by molar-refractivity contribution is -0.115. The fourth-order valence-electron chi connectivity index (χ4n) is 1.50. The molecule has 0 atom stereocenters. The normalized spacial score (nSPS) is 17.3. The Hall–Kier alpha value is -2.02. The van der Waals surface area contributed by atoms with E-state index >= 15 is 0 Å². The third kappa shape index (κ3) is 2.30. The number of nitrogens with zero attached hydrogens (tertiary/aromatic N) is 2. The molecule has 0 unspecified atom stereocenters. The number of nitrogens with two attached hydrogens (primary N) is 1.